The SMILES string of the molecule is Cc1ccc(C(=O)NC2CCN(Cc3nc(-c4ccc(C)c(F)c4)no3)CC2)o1. The van der Waals surface area contributed by atoms with Crippen molar-refractivity contribution in [3.63, 3.8) is 0 Å². The maximum atomic E-state index is 13.8. The predicted octanol–water partition coefficient (Wildman–Crippen LogP) is 3.48. The van der Waals surface area contributed by atoms with Crippen molar-refractivity contribution in [1.82, 2.24) is 20.4 Å². The molecule has 0 bridgehead atoms. The molecule has 7 nitrogen and oxygen atoms in total. The number of hydrogen-bond donors (Lipinski definition) is 1. The van der Waals surface area contributed by atoms with E-state index in [0.717, 1.165) is 31.7 Å². The molecule has 1 aromatic carbocycles. The largest absolute Gasteiger partial charge is 0.456 e. The van der Waals surface area contributed by atoms with Crippen LogP contribution < -0.4 is 5.32 Å². The number of carbonyl (C=O) groups excluding carboxylic acids is 1. The minimum absolute atomic E-state index is 0.109. The molecule has 2 aromatic heterocycles. The van der Waals surface area contributed by atoms with Gasteiger partial charge in [-0.1, -0.05) is 17.3 Å². The summed E-state index contributed by atoms with van der Waals surface area (Å²) in [6, 6.07) is 8.47. The van der Waals surface area contributed by atoms with Crippen molar-refractivity contribution in [1.29, 1.82) is 0 Å². The van der Waals surface area contributed by atoms with E-state index in [0.29, 0.717) is 35.1 Å². The van der Waals surface area contributed by atoms with Gasteiger partial charge in [-0.2, -0.15) is 4.98 Å². The van der Waals surface area contributed by atoms with Gasteiger partial charge in [-0.15, -0.1) is 0 Å². The first-order valence-electron chi connectivity index (χ1n) is 9.66. The number of amides is 1. The topological polar surface area (TPSA) is 84.4 Å². The minimum atomic E-state index is -0.289. The third-order valence-electron chi connectivity index (χ3n) is 5.14. The maximum Gasteiger partial charge on any atom is 0.287 e. The number of benzene rings is 1. The highest BCUT2D eigenvalue weighted by molar-refractivity contribution is 5.91. The monoisotopic (exact) mass is 398 g/mol. The number of aromatic nitrogens is 2. The van der Waals surface area contributed by atoms with Crippen LogP contribution in [-0.4, -0.2) is 40.1 Å². The Balaban J connectivity index is 1.29. The molecule has 3 aromatic rings. The van der Waals surface area contributed by atoms with Gasteiger partial charge in [0.05, 0.1) is 6.54 Å². The highest BCUT2D eigenvalue weighted by Gasteiger charge is 2.23. The molecule has 0 radical (unpaired) electrons. The van der Waals surface area contributed by atoms with E-state index in [2.05, 4.69) is 20.4 Å². The van der Waals surface area contributed by atoms with Gasteiger partial charge in [-0.05, 0) is 50.5 Å². The predicted molar refractivity (Wildman–Crippen MR) is 104 cm³/mol. The minimum Gasteiger partial charge on any atom is -0.456 e. The van der Waals surface area contributed by atoms with Gasteiger partial charge in [0.25, 0.3) is 5.91 Å². The molecule has 1 fully saturated rings. The zero-order chi connectivity index (χ0) is 20.4. The fraction of sp³-hybridized carbons (Fsp3) is 0.381. The Kier molecular flexibility index (Phi) is 5.44. The molecule has 8 heteroatoms. The van der Waals surface area contributed by atoms with E-state index in [4.69, 9.17) is 8.94 Å². The molecule has 1 N–H and O–H groups in total. The van der Waals surface area contributed by atoms with Gasteiger partial charge in [0, 0.05) is 24.7 Å². The molecule has 3 heterocycles. The lowest BCUT2D eigenvalue weighted by Crippen LogP contribution is -2.44. The van der Waals surface area contributed by atoms with Crippen LogP contribution in [0.5, 0.6) is 0 Å². The zero-order valence-corrected chi connectivity index (χ0v) is 16.4. The van der Waals surface area contributed by atoms with Gasteiger partial charge in [0.2, 0.25) is 11.7 Å². The van der Waals surface area contributed by atoms with Crippen LogP contribution in [0.4, 0.5) is 4.39 Å². The summed E-state index contributed by atoms with van der Waals surface area (Å²) in [6.07, 6.45) is 1.66. The summed E-state index contributed by atoms with van der Waals surface area (Å²) in [7, 11) is 0. The summed E-state index contributed by atoms with van der Waals surface area (Å²) in [5.41, 5.74) is 1.17. The van der Waals surface area contributed by atoms with Crippen LogP contribution in [0, 0.1) is 19.7 Å². The standard InChI is InChI=1S/C21H23FN4O3/c1-13-3-5-15(11-17(13)22)20-24-19(29-25-20)12-26-9-7-16(8-10-26)23-21(27)18-6-4-14(2)28-18/h3-6,11,16H,7-10,12H2,1-2H3,(H,23,27). The van der Waals surface area contributed by atoms with Crippen LogP contribution >= 0.6 is 0 Å². The smallest absolute Gasteiger partial charge is 0.287 e. The number of nitrogens with one attached hydrogen (secondary N) is 1. The molecule has 0 saturated carbocycles. The van der Waals surface area contributed by atoms with Gasteiger partial charge >= 0.3 is 0 Å². The summed E-state index contributed by atoms with van der Waals surface area (Å²) >= 11 is 0. The quantitative estimate of drug-likeness (QED) is 0.708. The second-order valence-corrected chi connectivity index (χ2v) is 7.41. The number of rotatable bonds is 5. The molecule has 1 saturated heterocycles. The first-order valence-corrected chi connectivity index (χ1v) is 9.66. The summed E-state index contributed by atoms with van der Waals surface area (Å²) in [5.74, 6) is 1.48. The van der Waals surface area contributed by atoms with E-state index in [1.807, 2.05) is 6.92 Å². The van der Waals surface area contributed by atoms with Gasteiger partial charge in [0.1, 0.15) is 11.6 Å². The molecule has 152 valence electrons. The Morgan fingerprint density at radius 1 is 1.24 bits per heavy atom. The first-order chi connectivity index (χ1) is 14.0. The molecule has 0 aliphatic carbocycles. The van der Waals surface area contributed by atoms with E-state index >= 15 is 0 Å². The average molecular weight is 398 g/mol. The molecule has 1 amide bonds. The van der Waals surface area contributed by atoms with E-state index in [1.165, 1.54) is 6.07 Å². The third-order valence-corrected chi connectivity index (χ3v) is 5.14. The van der Waals surface area contributed by atoms with Gasteiger partial charge in [0.15, 0.2) is 5.76 Å². The van der Waals surface area contributed by atoms with E-state index in [9.17, 15) is 9.18 Å². The van der Waals surface area contributed by atoms with E-state index in [1.54, 1.807) is 31.2 Å². The molecular formula is C21H23FN4O3. The lowest BCUT2D eigenvalue weighted by molar-refractivity contribution is 0.0875. The number of carbonyl (C=O) groups is 1. The van der Waals surface area contributed by atoms with Crippen LogP contribution in [0.1, 0.15) is 40.6 Å². The number of nitrogens with zero attached hydrogens (tertiary/aromatic N) is 3. The normalized spacial score (nSPS) is 15.6. The number of hydrogen-bond acceptors (Lipinski definition) is 6. The van der Waals surface area contributed by atoms with Crippen LogP contribution in [0.15, 0.2) is 39.3 Å². The van der Waals surface area contributed by atoms with Crippen LogP contribution in [0.3, 0.4) is 0 Å². The average Bonchev–Trinajstić information content (AvgIpc) is 3.35. The first kappa shape index (κ1) is 19.3. The summed E-state index contributed by atoms with van der Waals surface area (Å²) in [4.78, 5) is 18.8. The Hall–Kier alpha value is -3.00. The van der Waals surface area contributed by atoms with Crippen molar-refractivity contribution in [2.75, 3.05) is 13.1 Å². The van der Waals surface area contributed by atoms with Crippen LogP contribution in [-0.2, 0) is 6.54 Å². The second kappa shape index (κ2) is 8.16. The van der Waals surface area contributed by atoms with Gasteiger partial charge in [-0.25, -0.2) is 4.39 Å². The summed E-state index contributed by atoms with van der Waals surface area (Å²) in [6.45, 7) is 5.66. The Morgan fingerprint density at radius 2 is 2.03 bits per heavy atom. The van der Waals surface area contributed by atoms with Crippen LogP contribution in [0.25, 0.3) is 11.4 Å². The number of aryl methyl sites for hydroxylation is 2. The van der Waals surface area contributed by atoms with Crippen molar-refractivity contribution in [3.8, 4) is 11.4 Å². The Bertz CT molecular complexity index is 1010. The molecule has 29 heavy (non-hydrogen) atoms. The molecule has 0 atom stereocenters. The van der Waals surface area contributed by atoms with Gasteiger partial charge in [-0.3, -0.25) is 9.69 Å². The fourth-order valence-electron chi connectivity index (χ4n) is 3.41. The molecule has 1 aliphatic rings. The van der Waals surface area contributed by atoms with Crippen molar-refractivity contribution in [3.05, 3.63) is 59.1 Å². The zero-order valence-electron chi connectivity index (χ0n) is 16.4. The number of likely N-dealkylation sites (tertiary alicyclic amines) is 1. The molecule has 1 aliphatic heterocycles. The fourth-order valence-corrected chi connectivity index (χ4v) is 3.41. The highest BCUT2D eigenvalue weighted by atomic mass is 19.1. The van der Waals surface area contributed by atoms with Crippen molar-refractivity contribution in [2.45, 2.75) is 39.3 Å². The molecule has 0 unspecified atom stereocenters. The second-order valence-electron chi connectivity index (χ2n) is 7.41. The Morgan fingerprint density at radius 3 is 2.72 bits per heavy atom. The van der Waals surface area contributed by atoms with Crippen molar-refractivity contribution < 1.29 is 18.1 Å². The maximum absolute atomic E-state index is 13.8. The summed E-state index contributed by atoms with van der Waals surface area (Å²) in [5, 5.41) is 6.99. The number of halogens is 1. The van der Waals surface area contributed by atoms with Gasteiger partial charge < -0.3 is 14.3 Å². The number of piperidine rings is 1. The number of furan rings is 1. The third kappa shape index (κ3) is 4.54. The van der Waals surface area contributed by atoms with E-state index in [-0.39, 0.29) is 17.8 Å². The lowest BCUT2D eigenvalue weighted by atomic mass is 10.0. The molecular weight excluding hydrogens is 375 g/mol. The molecule has 4 rings (SSSR count). The lowest BCUT2D eigenvalue weighted by Gasteiger charge is -2.31. The highest BCUT2D eigenvalue weighted by Crippen LogP contribution is 2.20. The Labute approximate surface area is 167 Å². The summed E-state index contributed by atoms with van der Waals surface area (Å²) < 4.78 is 24.5. The van der Waals surface area contributed by atoms with Crippen molar-refractivity contribution >= 4 is 5.91 Å². The molecule has 0 spiro atoms. The van der Waals surface area contributed by atoms with Crippen LogP contribution in [0.2, 0.25) is 0 Å². The van der Waals surface area contributed by atoms with Crippen molar-refractivity contribution in [2.24, 2.45) is 0 Å². The van der Waals surface area contributed by atoms with E-state index < -0.39 is 0 Å².